The summed E-state index contributed by atoms with van der Waals surface area (Å²) >= 11 is 0. The molecule has 0 atom stereocenters. The van der Waals surface area contributed by atoms with Gasteiger partial charge in [-0.1, -0.05) is 6.07 Å². The molecule has 0 unspecified atom stereocenters. The van der Waals surface area contributed by atoms with Gasteiger partial charge in [-0.3, -0.25) is 0 Å². The van der Waals surface area contributed by atoms with E-state index in [0.29, 0.717) is 0 Å². The molecule has 6 heteroatoms. The smallest absolute Gasteiger partial charge is 0.165 e. The van der Waals surface area contributed by atoms with Crippen LogP contribution >= 0.6 is 0 Å². The van der Waals surface area contributed by atoms with E-state index < -0.39 is 0 Å². The Bertz CT molecular complexity index is 1070. The number of rotatable bonds is 7. The number of anilines is 1. The van der Waals surface area contributed by atoms with Gasteiger partial charge in [0, 0.05) is 36.5 Å². The maximum absolute atomic E-state index is 5.41. The Morgan fingerprint density at radius 1 is 1.13 bits per heavy atom. The van der Waals surface area contributed by atoms with Gasteiger partial charge in [-0.05, 0) is 77.4 Å². The number of ether oxygens (including phenoxy) is 1. The van der Waals surface area contributed by atoms with Gasteiger partial charge in [0.15, 0.2) is 5.65 Å². The largest absolute Gasteiger partial charge is 0.497 e. The summed E-state index contributed by atoms with van der Waals surface area (Å²) in [6.45, 7) is 9.40. The molecule has 0 N–H and O–H groups in total. The quantitative estimate of drug-likeness (QED) is 0.594. The monoisotopic (exact) mass is 407 g/mol. The second-order valence-corrected chi connectivity index (χ2v) is 8.47. The number of fused-ring (bicyclic) bond motifs is 2. The Hall–Kier alpha value is -2.60. The second kappa shape index (κ2) is 8.26. The van der Waals surface area contributed by atoms with Gasteiger partial charge in [0.2, 0.25) is 0 Å². The predicted molar refractivity (Wildman–Crippen MR) is 123 cm³/mol. The third kappa shape index (κ3) is 3.54. The third-order valence-electron chi connectivity index (χ3n) is 6.14. The van der Waals surface area contributed by atoms with E-state index in [1.54, 1.807) is 7.11 Å². The number of hydrogen-bond donors (Lipinski definition) is 0. The van der Waals surface area contributed by atoms with E-state index in [1.807, 2.05) is 6.07 Å². The standard InChI is InChI=1S/C24H33N5O/c1-7-28(14-13-27(4)5)24-20-9-8-10-21(20)25-23-22(17(3)26-29(23)24)19-12-11-18(30-6)15-16(19)2/h11-12,15H,7-10,13-14H2,1-6H3. The molecule has 3 aromatic rings. The lowest BCUT2D eigenvalue weighted by molar-refractivity contribution is 0.413. The minimum atomic E-state index is 0.876. The fourth-order valence-electron chi connectivity index (χ4n) is 4.53. The van der Waals surface area contributed by atoms with Crippen LogP contribution in [0.3, 0.4) is 0 Å². The number of nitrogens with zero attached hydrogens (tertiary/aromatic N) is 5. The predicted octanol–water partition coefficient (Wildman–Crippen LogP) is 3.90. The first-order valence-electron chi connectivity index (χ1n) is 10.9. The molecule has 0 radical (unpaired) electrons. The summed E-state index contributed by atoms with van der Waals surface area (Å²) in [5.41, 5.74) is 8.10. The molecule has 1 aromatic carbocycles. The fraction of sp³-hybridized carbons (Fsp3) is 0.500. The summed E-state index contributed by atoms with van der Waals surface area (Å²) in [6.07, 6.45) is 3.31. The molecule has 0 fully saturated rings. The molecular weight excluding hydrogens is 374 g/mol. The van der Waals surface area contributed by atoms with Gasteiger partial charge in [0.25, 0.3) is 0 Å². The molecule has 4 rings (SSSR count). The zero-order valence-electron chi connectivity index (χ0n) is 19.1. The number of hydrogen-bond acceptors (Lipinski definition) is 5. The molecule has 6 nitrogen and oxygen atoms in total. The lowest BCUT2D eigenvalue weighted by Crippen LogP contribution is -2.34. The molecular formula is C24H33N5O. The van der Waals surface area contributed by atoms with Gasteiger partial charge in [-0.2, -0.15) is 9.61 Å². The van der Waals surface area contributed by atoms with Crippen LogP contribution in [0.2, 0.25) is 0 Å². The Kier molecular flexibility index (Phi) is 5.69. The highest BCUT2D eigenvalue weighted by molar-refractivity contribution is 5.83. The third-order valence-corrected chi connectivity index (χ3v) is 6.14. The summed E-state index contributed by atoms with van der Waals surface area (Å²) in [4.78, 5) is 9.85. The number of benzene rings is 1. The normalized spacial score (nSPS) is 13.3. The molecule has 0 amide bonds. The molecule has 0 spiro atoms. The molecule has 30 heavy (non-hydrogen) atoms. The first kappa shape index (κ1) is 20.7. The van der Waals surface area contributed by atoms with Crippen LogP contribution in [0.5, 0.6) is 5.75 Å². The first-order valence-corrected chi connectivity index (χ1v) is 10.9. The minimum absolute atomic E-state index is 0.876. The van der Waals surface area contributed by atoms with Crippen LogP contribution < -0.4 is 9.64 Å². The van der Waals surface area contributed by atoms with E-state index >= 15 is 0 Å². The van der Waals surface area contributed by atoms with E-state index in [9.17, 15) is 0 Å². The number of likely N-dealkylation sites (N-methyl/N-ethyl adjacent to an activating group) is 2. The van der Waals surface area contributed by atoms with Crippen molar-refractivity contribution in [2.75, 3.05) is 45.7 Å². The van der Waals surface area contributed by atoms with Crippen LogP contribution in [0.25, 0.3) is 16.8 Å². The van der Waals surface area contributed by atoms with E-state index in [-0.39, 0.29) is 0 Å². The molecule has 0 bridgehead atoms. The maximum Gasteiger partial charge on any atom is 0.165 e. The van der Waals surface area contributed by atoms with Crippen molar-refractivity contribution in [2.45, 2.75) is 40.0 Å². The molecule has 1 aliphatic rings. The van der Waals surface area contributed by atoms with Crippen molar-refractivity contribution in [3.63, 3.8) is 0 Å². The Morgan fingerprint density at radius 2 is 1.93 bits per heavy atom. The van der Waals surface area contributed by atoms with Crippen LogP contribution in [-0.2, 0) is 12.8 Å². The Morgan fingerprint density at radius 3 is 2.60 bits per heavy atom. The van der Waals surface area contributed by atoms with E-state index in [0.717, 1.165) is 55.1 Å². The Labute approximate surface area is 179 Å². The lowest BCUT2D eigenvalue weighted by Gasteiger charge is -2.27. The zero-order chi connectivity index (χ0) is 21.4. The van der Waals surface area contributed by atoms with E-state index in [2.05, 4.69) is 61.3 Å². The first-order chi connectivity index (χ1) is 14.4. The van der Waals surface area contributed by atoms with Gasteiger partial charge in [0.05, 0.1) is 12.8 Å². The molecule has 0 saturated carbocycles. The number of aromatic nitrogens is 3. The van der Waals surface area contributed by atoms with Crippen molar-refractivity contribution in [1.82, 2.24) is 19.5 Å². The number of aryl methyl sites for hydroxylation is 3. The highest BCUT2D eigenvalue weighted by Crippen LogP contribution is 2.37. The van der Waals surface area contributed by atoms with Gasteiger partial charge in [-0.15, -0.1) is 0 Å². The molecule has 0 aliphatic heterocycles. The van der Waals surface area contributed by atoms with Crippen molar-refractivity contribution in [1.29, 1.82) is 0 Å². The average molecular weight is 408 g/mol. The highest BCUT2D eigenvalue weighted by atomic mass is 16.5. The zero-order valence-corrected chi connectivity index (χ0v) is 19.1. The van der Waals surface area contributed by atoms with Gasteiger partial charge >= 0.3 is 0 Å². The van der Waals surface area contributed by atoms with Crippen molar-refractivity contribution in [3.8, 4) is 16.9 Å². The van der Waals surface area contributed by atoms with Crippen LogP contribution in [0, 0.1) is 13.8 Å². The molecule has 2 heterocycles. The SMILES string of the molecule is CCN(CCN(C)C)c1c2c(nc3c(-c4ccc(OC)cc4C)c(C)nn13)CCC2. The van der Waals surface area contributed by atoms with Crippen LogP contribution in [-0.4, -0.2) is 60.3 Å². The van der Waals surface area contributed by atoms with Crippen LogP contribution in [0.15, 0.2) is 18.2 Å². The van der Waals surface area contributed by atoms with Crippen LogP contribution in [0.4, 0.5) is 5.82 Å². The average Bonchev–Trinajstić information content (AvgIpc) is 3.31. The summed E-state index contributed by atoms with van der Waals surface area (Å²) in [5.74, 6) is 2.11. The van der Waals surface area contributed by atoms with Gasteiger partial charge in [0.1, 0.15) is 11.6 Å². The lowest BCUT2D eigenvalue weighted by atomic mass is 10.0. The molecule has 0 saturated heterocycles. The Balaban J connectivity index is 1.93. The fourth-order valence-corrected chi connectivity index (χ4v) is 4.53. The molecule has 160 valence electrons. The highest BCUT2D eigenvalue weighted by Gasteiger charge is 2.27. The van der Waals surface area contributed by atoms with Gasteiger partial charge in [-0.25, -0.2) is 4.98 Å². The minimum Gasteiger partial charge on any atom is -0.497 e. The van der Waals surface area contributed by atoms with E-state index in [4.69, 9.17) is 14.8 Å². The van der Waals surface area contributed by atoms with Crippen molar-refractivity contribution in [3.05, 3.63) is 40.7 Å². The summed E-state index contributed by atoms with van der Waals surface area (Å²) in [6, 6.07) is 6.24. The topological polar surface area (TPSA) is 45.9 Å². The van der Waals surface area contributed by atoms with Gasteiger partial charge < -0.3 is 14.5 Å². The molecule has 2 aromatic heterocycles. The summed E-state index contributed by atoms with van der Waals surface area (Å²) < 4.78 is 7.52. The second-order valence-electron chi connectivity index (χ2n) is 8.47. The number of methoxy groups -OCH3 is 1. The van der Waals surface area contributed by atoms with Crippen molar-refractivity contribution < 1.29 is 4.74 Å². The molecule has 1 aliphatic carbocycles. The summed E-state index contributed by atoms with van der Waals surface area (Å²) in [5, 5.41) is 5.01. The van der Waals surface area contributed by atoms with Crippen molar-refractivity contribution >= 4 is 11.5 Å². The summed E-state index contributed by atoms with van der Waals surface area (Å²) in [7, 11) is 5.96. The van der Waals surface area contributed by atoms with Crippen LogP contribution in [0.1, 0.15) is 35.9 Å². The van der Waals surface area contributed by atoms with Crippen molar-refractivity contribution in [2.24, 2.45) is 0 Å². The van der Waals surface area contributed by atoms with E-state index in [1.165, 1.54) is 34.6 Å². The maximum atomic E-state index is 5.41.